The number of nitrogens with zero attached hydrogens (tertiary/aromatic N) is 2. The van der Waals surface area contributed by atoms with Gasteiger partial charge in [-0.15, -0.1) is 0 Å². The number of carbonyl (C=O) groups is 1. The van der Waals surface area contributed by atoms with Gasteiger partial charge in [-0.2, -0.15) is 5.10 Å². The van der Waals surface area contributed by atoms with Crippen LogP contribution in [0.5, 0.6) is 11.5 Å². The van der Waals surface area contributed by atoms with Crippen LogP contribution in [0.25, 0.3) is 0 Å². The number of para-hydroxylation sites is 1. The van der Waals surface area contributed by atoms with Gasteiger partial charge < -0.3 is 9.47 Å². The van der Waals surface area contributed by atoms with Gasteiger partial charge in [-0.05, 0) is 42.5 Å². The fraction of sp³-hybridized carbons (Fsp3) is 0.130. The summed E-state index contributed by atoms with van der Waals surface area (Å²) in [5.74, 6) is 0.445. The van der Waals surface area contributed by atoms with Crippen LogP contribution in [0, 0.1) is 0 Å². The quantitative estimate of drug-likeness (QED) is 0.374. The molecule has 0 fully saturated rings. The second kappa shape index (κ2) is 10.3. The maximum Gasteiger partial charge on any atom is 0.264 e. The summed E-state index contributed by atoms with van der Waals surface area (Å²) in [4.78, 5) is 12.7. The van der Waals surface area contributed by atoms with Crippen LogP contribution in [0.15, 0.2) is 76.7 Å². The molecular formula is C23H19Cl2N3O5S. The average molecular weight is 520 g/mol. The minimum atomic E-state index is -4.09. The maximum absolute atomic E-state index is 13.3. The van der Waals surface area contributed by atoms with Crippen LogP contribution in [0.2, 0.25) is 10.0 Å². The molecule has 3 aromatic rings. The molecule has 1 amide bonds. The molecular weight excluding hydrogens is 501 g/mol. The minimum absolute atomic E-state index is 0.0189. The lowest BCUT2D eigenvalue weighted by Gasteiger charge is -2.24. The number of hydrogen-bond acceptors (Lipinski definition) is 6. The van der Waals surface area contributed by atoms with E-state index in [0.29, 0.717) is 30.3 Å². The Morgan fingerprint density at radius 3 is 2.53 bits per heavy atom. The number of amides is 1. The zero-order valence-corrected chi connectivity index (χ0v) is 20.0. The highest BCUT2D eigenvalue weighted by atomic mass is 35.5. The summed E-state index contributed by atoms with van der Waals surface area (Å²) >= 11 is 12.1. The van der Waals surface area contributed by atoms with Gasteiger partial charge in [0.15, 0.2) is 11.5 Å². The summed E-state index contributed by atoms with van der Waals surface area (Å²) in [7, 11) is -4.09. The van der Waals surface area contributed by atoms with E-state index in [-0.39, 0.29) is 20.6 Å². The van der Waals surface area contributed by atoms with E-state index in [1.165, 1.54) is 36.5 Å². The molecule has 0 saturated heterocycles. The van der Waals surface area contributed by atoms with E-state index < -0.39 is 22.5 Å². The van der Waals surface area contributed by atoms with Crippen LogP contribution in [0.4, 0.5) is 5.69 Å². The molecule has 0 radical (unpaired) electrons. The van der Waals surface area contributed by atoms with E-state index in [2.05, 4.69) is 10.5 Å². The number of sulfonamides is 1. The molecule has 0 spiro atoms. The van der Waals surface area contributed by atoms with Crippen LogP contribution in [-0.4, -0.2) is 40.3 Å². The van der Waals surface area contributed by atoms with Crippen molar-refractivity contribution in [1.82, 2.24) is 5.43 Å². The number of carbonyl (C=O) groups excluding carboxylic acids is 1. The summed E-state index contributed by atoms with van der Waals surface area (Å²) in [5.41, 5.74) is 3.14. The lowest BCUT2D eigenvalue weighted by molar-refractivity contribution is -0.119. The highest BCUT2D eigenvalue weighted by molar-refractivity contribution is 7.92. The van der Waals surface area contributed by atoms with E-state index in [0.717, 1.165) is 4.31 Å². The third-order valence-corrected chi connectivity index (χ3v) is 7.33. The molecule has 0 unspecified atom stereocenters. The van der Waals surface area contributed by atoms with Gasteiger partial charge in [0.1, 0.15) is 19.8 Å². The minimum Gasteiger partial charge on any atom is -0.486 e. The topological polar surface area (TPSA) is 97.3 Å². The van der Waals surface area contributed by atoms with Crippen LogP contribution >= 0.6 is 23.2 Å². The predicted molar refractivity (Wildman–Crippen MR) is 131 cm³/mol. The van der Waals surface area contributed by atoms with Gasteiger partial charge in [0.05, 0.1) is 26.8 Å². The van der Waals surface area contributed by atoms with Crippen LogP contribution in [0.3, 0.4) is 0 Å². The molecule has 8 nitrogen and oxygen atoms in total. The Balaban J connectivity index is 1.56. The first-order chi connectivity index (χ1) is 16.4. The van der Waals surface area contributed by atoms with Gasteiger partial charge in [-0.25, -0.2) is 13.8 Å². The van der Waals surface area contributed by atoms with Crippen molar-refractivity contribution < 1.29 is 22.7 Å². The smallest absolute Gasteiger partial charge is 0.264 e. The van der Waals surface area contributed by atoms with Crippen molar-refractivity contribution in [2.24, 2.45) is 5.10 Å². The van der Waals surface area contributed by atoms with Crippen molar-refractivity contribution in [3.8, 4) is 11.5 Å². The first-order valence-corrected chi connectivity index (χ1v) is 12.3. The fourth-order valence-electron chi connectivity index (χ4n) is 3.21. The second-order valence-electron chi connectivity index (χ2n) is 7.09. The Morgan fingerprint density at radius 2 is 1.76 bits per heavy atom. The van der Waals surface area contributed by atoms with Gasteiger partial charge in [0, 0.05) is 5.56 Å². The molecule has 0 aromatic heterocycles. The van der Waals surface area contributed by atoms with Gasteiger partial charge in [-0.1, -0.05) is 47.5 Å². The lowest BCUT2D eigenvalue weighted by atomic mass is 10.2. The molecule has 0 aliphatic carbocycles. The molecule has 1 aliphatic rings. The summed E-state index contributed by atoms with van der Waals surface area (Å²) in [6.07, 6.45) is 1.40. The van der Waals surface area contributed by atoms with Gasteiger partial charge in [0.25, 0.3) is 15.9 Å². The lowest BCUT2D eigenvalue weighted by Crippen LogP contribution is -2.39. The average Bonchev–Trinajstić information content (AvgIpc) is 2.85. The molecule has 4 rings (SSSR count). The molecule has 0 saturated carbocycles. The number of benzene rings is 3. The normalized spacial score (nSPS) is 13.0. The van der Waals surface area contributed by atoms with Crippen molar-refractivity contribution in [1.29, 1.82) is 0 Å². The van der Waals surface area contributed by atoms with Crippen molar-refractivity contribution in [3.05, 3.63) is 82.3 Å². The SMILES string of the molecule is O=C(CN(c1ccc(Cl)c(Cl)c1)S(=O)(=O)c1ccccc1)N/N=C/c1cccc2c1OCCO2. The van der Waals surface area contributed by atoms with Crippen molar-refractivity contribution in [3.63, 3.8) is 0 Å². The van der Waals surface area contributed by atoms with Crippen molar-refractivity contribution in [2.45, 2.75) is 4.90 Å². The Bertz CT molecular complexity index is 1330. The van der Waals surface area contributed by atoms with E-state index in [1.54, 1.807) is 36.4 Å². The van der Waals surface area contributed by atoms with Crippen LogP contribution < -0.4 is 19.2 Å². The van der Waals surface area contributed by atoms with Crippen LogP contribution in [-0.2, 0) is 14.8 Å². The number of ether oxygens (including phenoxy) is 2. The molecule has 3 aromatic carbocycles. The van der Waals surface area contributed by atoms with E-state index >= 15 is 0 Å². The monoisotopic (exact) mass is 519 g/mol. The number of hydrogen-bond donors (Lipinski definition) is 1. The van der Waals surface area contributed by atoms with E-state index in [4.69, 9.17) is 32.7 Å². The summed E-state index contributed by atoms with van der Waals surface area (Å²) in [5, 5.41) is 4.37. The summed E-state index contributed by atoms with van der Waals surface area (Å²) in [6.45, 7) is 0.310. The Hall–Kier alpha value is -3.27. The highest BCUT2D eigenvalue weighted by Crippen LogP contribution is 2.33. The van der Waals surface area contributed by atoms with E-state index in [1.807, 2.05) is 0 Å². The predicted octanol–water partition coefficient (Wildman–Crippen LogP) is 4.11. The third kappa shape index (κ3) is 5.27. The Kier molecular flexibility index (Phi) is 7.26. The molecule has 1 heterocycles. The Morgan fingerprint density at radius 1 is 1.00 bits per heavy atom. The summed E-state index contributed by atoms with van der Waals surface area (Å²) in [6, 6.07) is 17.4. The number of fused-ring (bicyclic) bond motifs is 1. The fourth-order valence-corrected chi connectivity index (χ4v) is 4.94. The number of hydrazone groups is 1. The first-order valence-electron chi connectivity index (χ1n) is 10.1. The molecule has 0 bridgehead atoms. The molecule has 1 N–H and O–H groups in total. The Labute approximate surface area is 206 Å². The standard InChI is InChI=1S/C23H19Cl2N3O5S/c24-19-10-9-17(13-20(19)25)28(34(30,31)18-6-2-1-3-7-18)15-22(29)27-26-14-16-5-4-8-21-23(16)33-12-11-32-21/h1-10,13-14H,11-12,15H2,(H,27,29)/b26-14+. The second-order valence-corrected chi connectivity index (χ2v) is 9.76. The number of rotatable bonds is 7. The van der Waals surface area contributed by atoms with Crippen LogP contribution in [0.1, 0.15) is 5.56 Å². The van der Waals surface area contributed by atoms with E-state index in [9.17, 15) is 13.2 Å². The summed E-state index contributed by atoms with van der Waals surface area (Å²) < 4.78 is 38.7. The zero-order valence-electron chi connectivity index (χ0n) is 17.6. The number of halogens is 2. The van der Waals surface area contributed by atoms with Gasteiger partial charge in [-0.3, -0.25) is 9.10 Å². The van der Waals surface area contributed by atoms with Crippen molar-refractivity contribution in [2.75, 3.05) is 24.1 Å². The number of nitrogens with one attached hydrogen (secondary N) is 1. The number of anilines is 1. The van der Waals surface area contributed by atoms with Crippen molar-refractivity contribution >= 4 is 51.0 Å². The molecule has 1 aliphatic heterocycles. The largest absolute Gasteiger partial charge is 0.486 e. The maximum atomic E-state index is 13.3. The molecule has 34 heavy (non-hydrogen) atoms. The van der Waals surface area contributed by atoms with Gasteiger partial charge in [0.2, 0.25) is 0 Å². The molecule has 176 valence electrons. The third-order valence-electron chi connectivity index (χ3n) is 4.80. The first kappa shape index (κ1) is 23.9. The zero-order chi connectivity index (χ0) is 24.1. The highest BCUT2D eigenvalue weighted by Gasteiger charge is 2.27. The van der Waals surface area contributed by atoms with Gasteiger partial charge >= 0.3 is 0 Å². The molecule has 0 atom stereocenters. The molecule has 11 heteroatoms.